The number of nitrogens with zero attached hydrogens (tertiary/aromatic N) is 4. The van der Waals surface area contributed by atoms with Crippen molar-refractivity contribution < 1.29 is 9.47 Å². The highest BCUT2D eigenvalue weighted by Crippen LogP contribution is 2.34. The molecule has 0 saturated carbocycles. The third kappa shape index (κ3) is 4.75. The van der Waals surface area contributed by atoms with Crippen LogP contribution in [0.3, 0.4) is 0 Å². The topological polar surface area (TPSA) is 62.1 Å². The SMILES string of the molecule is CCOc1ccc(-c2nc(CSc3nnc(C)n3-c3ccc(C)cc3)cs2)cc1OC. The van der Waals surface area contributed by atoms with E-state index in [4.69, 9.17) is 14.5 Å². The number of benzene rings is 2. The minimum absolute atomic E-state index is 0.598. The van der Waals surface area contributed by atoms with E-state index in [2.05, 4.69) is 51.3 Å². The average molecular weight is 453 g/mol. The van der Waals surface area contributed by atoms with Gasteiger partial charge in [0.25, 0.3) is 0 Å². The van der Waals surface area contributed by atoms with Crippen LogP contribution >= 0.6 is 23.1 Å². The number of rotatable bonds is 8. The van der Waals surface area contributed by atoms with Gasteiger partial charge in [0.15, 0.2) is 16.7 Å². The maximum absolute atomic E-state index is 5.61. The van der Waals surface area contributed by atoms with Crippen molar-refractivity contribution in [3.8, 4) is 27.8 Å². The van der Waals surface area contributed by atoms with Gasteiger partial charge in [0.2, 0.25) is 0 Å². The second kappa shape index (κ2) is 9.53. The van der Waals surface area contributed by atoms with Crippen molar-refractivity contribution in [3.05, 3.63) is 64.9 Å². The summed E-state index contributed by atoms with van der Waals surface area (Å²) < 4.78 is 13.2. The molecule has 4 rings (SSSR count). The summed E-state index contributed by atoms with van der Waals surface area (Å²) in [5.41, 5.74) is 4.31. The predicted octanol–water partition coefficient (Wildman–Crippen LogP) is 5.71. The van der Waals surface area contributed by atoms with Crippen molar-refractivity contribution in [1.82, 2.24) is 19.7 Å². The third-order valence-corrected chi connectivity index (χ3v) is 6.60. The van der Waals surface area contributed by atoms with Crippen LogP contribution in [-0.2, 0) is 5.75 Å². The fraction of sp³-hybridized carbons (Fsp3) is 0.261. The summed E-state index contributed by atoms with van der Waals surface area (Å²) in [5, 5.41) is 12.5. The van der Waals surface area contributed by atoms with Crippen LogP contribution in [-0.4, -0.2) is 33.5 Å². The number of thioether (sulfide) groups is 1. The smallest absolute Gasteiger partial charge is 0.196 e. The van der Waals surface area contributed by atoms with Crippen LogP contribution in [0, 0.1) is 13.8 Å². The molecule has 0 fully saturated rings. The summed E-state index contributed by atoms with van der Waals surface area (Å²) in [6.45, 7) is 6.61. The van der Waals surface area contributed by atoms with Crippen molar-refractivity contribution in [3.63, 3.8) is 0 Å². The van der Waals surface area contributed by atoms with E-state index in [1.165, 1.54) is 5.56 Å². The number of methoxy groups -OCH3 is 1. The zero-order valence-electron chi connectivity index (χ0n) is 18.0. The Hall–Kier alpha value is -2.84. The maximum atomic E-state index is 5.61. The quantitative estimate of drug-likeness (QED) is 0.319. The summed E-state index contributed by atoms with van der Waals surface area (Å²) in [6, 6.07) is 14.3. The zero-order valence-corrected chi connectivity index (χ0v) is 19.6. The Morgan fingerprint density at radius 1 is 1.03 bits per heavy atom. The second-order valence-corrected chi connectivity index (χ2v) is 8.73. The fourth-order valence-electron chi connectivity index (χ4n) is 3.15. The fourth-order valence-corrected chi connectivity index (χ4v) is 4.96. The highest BCUT2D eigenvalue weighted by molar-refractivity contribution is 7.98. The minimum atomic E-state index is 0.598. The van der Waals surface area contributed by atoms with E-state index in [-0.39, 0.29) is 0 Å². The van der Waals surface area contributed by atoms with E-state index in [0.29, 0.717) is 18.1 Å². The number of hydrogen-bond acceptors (Lipinski definition) is 7. The molecule has 2 aromatic heterocycles. The van der Waals surface area contributed by atoms with E-state index in [1.54, 1.807) is 30.2 Å². The van der Waals surface area contributed by atoms with E-state index >= 15 is 0 Å². The molecule has 6 nitrogen and oxygen atoms in total. The van der Waals surface area contributed by atoms with Crippen LogP contribution in [0.1, 0.15) is 24.0 Å². The Kier molecular flexibility index (Phi) is 6.58. The lowest BCUT2D eigenvalue weighted by molar-refractivity contribution is 0.311. The molecule has 0 unspecified atom stereocenters. The first-order valence-electron chi connectivity index (χ1n) is 9.96. The van der Waals surface area contributed by atoms with Gasteiger partial charge in [-0.3, -0.25) is 4.57 Å². The minimum Gasteiger partial charge on any atom is -0.493 e. The van der Waals surface area contributed by atoms with Gasteiger partial charge in [0, 0.05) is 22.4 Å². The van der Waals surface area contributed by atoms with Crippen molar-refractivity contribution in [2.45, 2.75) is 31.7 Å². The van der Waals surface area contributed by atoms with Crippen LogP contribution < -0.4 is 9.47 Å². The van der Waals surface area contributed by atoms with Gasteiger partial charge in [0.1, 0.15) is 10.8 Å². The van der Waals surface area contributed by atoms with Crippen molar-refractivity contribution in [2.24, 2.45) is 0 Å². The highest BCUT2D eigenvalue weighted by Gasteiger charge is 2.14. The first-order valence-corrected chi connectivity index (χ1v) is 11.8. The number of aromatic nitrogens is 4. The molecule has 0 radical (unpaired) electrons. The summed E-state index contributed by atoms with van der Waals surface area (Å²) in [6.07, 6.45) is 0. The molecule has 2 aromatic carbocycles. The molecule has 0 aliphatic heterocycles. The summed E-state index contributed by atoms with van der Waals surface area (Å²) in [5.74, 6) is 3.04. The van der Waals surface area contributed by atoms with E-state index in [9.17, 15) is 0 Å². The molecule has 0 bridgehead atoms. The molecule has 0 spiro atoms. The van der Waals surface area contributed by atoms with E-state index < -0.39 is 0 Å². The molecular weight excluding hydrogens is 428 g/mol. The van der Waals surface area contributed by atoms with Crippen LogP contribution in [0.5, 0.6) is 11.5 Å². The van der Waals surface area contributed by atoms with Gasteiger partial charge in [-0.25, -0.2) is 4.98 Å². The van der Waals surface area contributed by atoms with Crippen molar-refractivity contribution in [2.75, 3.05) is 13.7 Å². The highest BCUT2D eigenvalue weighted by atomic mass is 32.2. The lowest BCUT2D eigenvalue weighted by Crippen LogP contribution is -1.99. The van der Waals surface area contributed by atoms with Crippen LogP contribution in [0.15, 0.2) is 53.0 Å². The first kappa shape index (κ1) is 21.4. The Balaban J connectivity index is 1.50. The molecular formula is C23H24N4O2S2. The van der Waals surface area contributed by atoms with Gasteiger partial charge in [-0.2, -0.15) is 0 Å². The maximum Gasteiger partial charge on any atom is 0.196 e. The van der Waals surface area contributed by atoms with Crippen LogP contribution in [0.2, 0.25) is 0 Å². The Morgan fingerprint density at radius 2 is 1.84 bits per heavy atom. The summed E-state index contributed by atoms with van der Waals surface area (Å²) in [7, 11) is 1.65. The van der Waals surface area contributed by atoms with Gasteiger partial charge >= 0.3 is 0 Å². The number of aryl methyl sites for hydroxylation is 2. The summed E-state index contributed by atoms with van der Waals surface area (Å²) in [4.78, 5) is 4.81. The van der Waals surface area contributed by atoms with Gasteiger partial charge in [0.05, 0.1) is 19.4 Å². The first-order chi connectivity index (χ1) is 15.1. The van der Waals surface area contributed by atoms with Gasteiger partial charge in [-0.1, -0.05) is 29.5 Å². The molecule has 0 N–H and O–H groups in total. The largest absolute Gasteiger partial charge is 0.493 e. The Bertz CT molecular complexity index is 1170. The van der Waals surface area contributed by atoms with Crippen LogP contribution in [0.25, 0.3) is 16.3 Å². The van der Waals surface area contributed by atoms with E-state index in [1.807, 2.05) is 32.0 Å². The second-order valence-electron chi connectivity index (χ2n) is 6.93. The van der Waals surface area contributed by atoms with Gasteiger partial charge < -0.3 is 9.47 Å². The normalized spacial score (nSPS) is 11.0. The van der Waals surface area contributed by atoms with Crippen molar-refractivity contribution >= 4 is 23.1 Å². The Morgan fingerprint density at radius 3 is 2.58 bits per heavy atom. The van der Waals surface area contributed by atoms with Gasteiger partial charge in [-0.15, -0.1) is 21.5 Å². The van der Waals surface area contributed by atoms with E-state index in [0.717, 1.165) is 38.7 Å². The monoisotopic (exact) mass is 452 g/mol. The average Bonchev–Trinajstić information content (AvgIpc) is 3.40. The number of thiazole rings is 1. The number of hydrogen-bond donors (Lipinski definition) is 0. The molecule has 31 heavy (non-hydrogen) atoms. The molecule has 0 aliphatic carbocycles. The molecule has 0 saturated heterocycles. The summed E-state index contributed by atoms with van der Waals surface area (Å²) >= 11 is 3.25. The molecule has 0 aliphatic rings. The molecule has 2 heterocycles. The van der Waals surface area contributed by atoms with Gasteiger partial charge in [-0.05, 0) is 51.1 Å². The Labute approximate surface area is 190 Å². The van der Waals surface area contributed by atoms with Crippen molar-refractivity contribution in [1.29, 1.82) is 0 Å². The predicted molar refractivity (Wildman–Crippen MR) is 126 cm³/mol. The standard InChI is InChI=1S/C23H24N4O2S2/c1-5-29-20-11-8-17(12-21(20)28-4)22-24-18(13-30-22)14-31-23-26-25-16(3)27(23)19-9-6-15(2)7-10-19/h6-13H,5,14H2,1-4H3. The third-order valence-electron chi connectivity index (χ3n) is 4.70. The molecule has 8 heteroatoms. The van der Waals surface area contributed by atoms with Crippen LogP contribution in [0.4, 0.5) is 0 Å². The zero-order chi connectivity index (χ0) is 21.8. The lowest BCUT2D eigenvalue weighted by atomic mass is 10.2. The number of ether oxygens (including phenoxy) is 2. The molecule has 0 atom stereocenters. The lowest BCUT2D eigenvalue weighted by Gasteiger charge is -2.10. The molecule has 4 aromatic rings. The molecule has 0 amide bonds. The molecule has 160 valence electrons.